The zero-order valence-corrected chi connectivity index (χ0v) is 18.7. The molecule has 7 heteroatoms. The van der Waals surface area contributed by atoms with E-state index in [1.165, 1.54) is 11.3 Å². The molecule has 1 amide bonds. The summed E-state index contributed by atoms with van der Waals surface area (Å²) in [5, 5.41) is 8.40. The summed E-state index contributed by atoms with van der Waals surface area (Å²) in [5.41, 5.74) is 5.07. The number of benzene rings is 2. The predicted octanol–water partition coefficient (Wildman–Crippen LogP) is 5.12. The van der Waals surface area contributed by atoms with Gasteiger partial charge in [0.25, 0.3) is 5.91 Å². The zero-order valence-electron chi connectivity index (χ0n) is 17.9. The molecular weight excluding hydrogens is 410 g/mol. The Bertz CT molecular complexity index is 1290. The molecule has 0 saturated heterocycles. The summed E-state index contributed by atoms with van der Waals surface area (Å²) in [7, 11) is 0. The second-order valence-electron chi connectivity index (χ2n) is 7.47. The van der Waals surface area contributed by atoms with Crippen molar-refractivity contribution in [2.45, 2.75) is 27.7 Å². The maximum atomic E-state index is 12.5. The highest BCUT2D eigenvalue weighted by Gasteiger charge is 2.19. The SMILES string of the molecule is Cc1ccc(-n2nc(C)c(NC(=O)COC(=O)c3sc4ccccc4c3C)c2C)cc1. The van der Waals surface area contributed by atoms with Gasteiger partial charge in [0.1, 0.15) is 4.88 Å². The Morgan fingerprint density at radius 2 is 1.74 bits per heavy atom. The number of fused-ring (bicyclic) bond motifs is 1. The number of rotatable bonds is 5. The van der Waals surface area contributed by atoms with Gasteiger partial charge in [0, 0.05) is 4.70 Å². The van der Waals surface area contributed by atoms with Crippen LogP contribution in [0.25, 0.3) is 15.8 Å². The Labute approximate surface area is 184 Å². The minimum absolute atomic E-state index is 0.360. The molecule has 0 aliphatic carbocycles. The van der Waals surface area contributed by atoms with E-state index in [0.29, 0.717) is 16.3 Å². The summed E-state index contributed by atoms with van der Waals surface area (Å²) >= 11 is 1.37. The van der Waals surface area contributed by atoms with Gasteiger partial charge in [-0.3, -0.25) is 4.79 Å². The summed E-state index contributed by atoms with van der Waals surface area (Å²) in [4.78, 5) is 25.5. The smallest absolute Gasteiger partial charge is 0.349 e. The molecule has 2 aromatic heterocycles. The molecule has 2 aromatic carbocycles. The standard InChI is InChI=1S/C24H23N3O3S/c1-14-9-11-18(12-10-14)27-17(4)22(16(3)26-27)25-21(28)13-30-24(29)23-15(2)19-7-5-6-8-20(19)31-23/h5-12H,13H2,1-4H3,(H,25,28). The molecule has 2 heterocycles. The average molecular weight is 434 g/mol. The van der Waals surface area contributed by atoms with Crippen molar-refractivity contribution in [3.05, 3.63) is 75.9 Å². The lowest BCUT2D eigenvalue weighted by Crippen LogP contribution is -2.21. The van der Waals surface area contributed by atoms with Crippen LogP contribution in [0, 0.1) is 27.7 Å². The molecule has 1 N–H and O–H groups in total. The van der Waals surface area contributed by atoms with Crippen LogP contribution in [0.3, 0.4) is 0 Å². The molecule has 0 spiro atoms. The highest BCUT2D eigenvalue weighted by molar-refractivity contribution is 7.21. The van der Waals surface area contributed by atoms with E-state index in [1.54, 1.807) is 4.68 Å². The molecular formula is C24H23N3O3S. The lowest BCUT2D eigenvalue weighted by Gasteiger charge is -2.08. The molecule has 31 heavy (non-hydrogen) atoms. The lowest BCUT2D eigenvalue weighted by molar-refractivity contribution is -0.119. The minimum Gasteiger partial charge on any atom is -0.451 e. The first-order valence-electron chi connectivity index (χ1n) is 9.93. The first-order chi connectivity index (χ1) is 14.8. The van der Waals surface area contributed by atoms with E-state index in [9.17, 15) is 9.59 Å². The average Bonchev–Trinajstić information content (AvgIpc) is 3.24. The fourth-order valence-corrected chi connectivity index (χ4v) is 4.61. The van der Waals surface area contributed by atoms with Gasteiger partial charge in [0.2, 0.25) is 0 Å². The van der Waals surface area contributed by atoms with Gasteiger partial charge in [0.05, 0.1) is 22.8 Å². The second-order valence-corrected chi connectivity index (χ2v) is 8.52. The third-order valence-electron chi connectivity index (χ3n) is 5.20. The van der Waals surface area contributed by atoms with E-state index >= 15 is 0 Å². The van der Waals surface area contributed by atoms with Crippen molar-refractivity contribution < 1.29 is 14.3 Å². The van der Waals surface area contributed by atoms with Gasteiger partial charge in [-0.1, -0.05) is 35.9 Å². The Kier molecular flexibility index (Phi) is 5.61. The molecule has 0 radical (unpaired) electrons. The van der Waals surface area contributed by atoms with Gasteiger partial charge >= 0.3 is 5.97 Å². The monoisotopic (exact) mass is 433 g/mol. The first-order valence-corrected chi connectivity index (χ1v) is 10.7. The van der Waals surface area contributed by atoms with Crippen LogP contribution in [0.5, 0.6) is 0 Å². The number of carbonyl (C=O) groups is 2. The number of carbonyl (C=O) groups excluding carboxylic acids is 2. The highest BCUT2D eigenvalue weighted by atomic mass is 32.1. The molecule has 4 rings (SSSR count). The molecule has 0 aliphatic rings. The van der Waals surface area contributed by atoms with Crippen molar-refractivity contribution in [1.29, 1.82) is 0 Å². The first kappa shape index (κ1) is 20.8. The number of aryl methyl sites for hydroxylation is 3. The molecule has 4 aromatic rings. The van der Waals surface area contributed by atoms with Crippen molar-refractivity contribution in [2.75, 3.05) is 11.9 Å². The number of nitrogens with one attached hydrogen (secondary N) is 1. The summed E-state index contributed by atoms with van der Waals surface area (Å²) in [6.07, 6.45) is 0. The number of anilines is 1. The van der Waals surface area contributed by atoms with E-state index in [0.717, 1.165) is 32.6 Å². The molecule has 0 atom stereocenters. The maximum Gasteiger partial charge on any atom is 0.349 e. The van der Waals surface area contributed by atoms with E-state index in [-0.39, 0.29) is 6.61 Å². The van der Waals surface area contributed by atoms with Crippen LogP contribution in [0.4, 0.5) is 5.69 Å². The normalized spacial score (nSPS) is 11.0. The summed E-state index contributed by atoms with van der Waals surface area (Å²) in [5.74, 6) is -0.889. The molecule has 0 aliphatic heterocycles. The van der Waals surface area contributed by atoms with Gasteiger partial charge in [0.15, 0.2) is 6.61 Å². The fraction of sp³-hybridized carbons (Fsp3) is 0.208. The van der Waals surface area contributed by atoms with Crippen LogP contribution < -0.4 is 5.32 Å². The third kappa shape index (κ3) is 4.09. The van der Waals surface area contributed by atoms with Crippen LogP contribution in [0.15, 0.2) is 48.5 Å². The minimum atomic E-state index is -0.488. The lowest BCUT2D eigenvalue weighted by atomic mass is 10.1. The van der Waals surface area contributed by atoms with Gasteiger partial charge in [-0.15, -0.1) is 11.3 Å². The van der Waals surface area contributed by atoms with Gasteiger partial charge < -0.3 is 10.1 Å². The van der Waals surface area contributed by atoms with Crippen molar-refractivity contribution in [1.82, 2.24) is 9.78 Å². The largest absolute Gasteiger partial charge is 0.451 e. The van der Waals surface area contributed by atoms with Crippen LogP contribution in [-0.4, -0.2) is 28.3 Å². The highest BCUT2D eigenvalue weighted by Crippen LogP contribution is 2.31. The molecule has 158 valence electrons. The van der Waals surface area contributed by atoms with Crippen LogP contribution in [0.2, 0.25) is 0 Å². The number of nitrogens with zero attached hydrogens (tertiary/aromatic N) is 2. The molecule has 0 fully saturated rings. The number of ether oxygens (including phenoxy) is 1. The number of aromatic nitrogens is 2. The van der Waals surface area contributed by atoms with Crippen LogP contribution >= 0.6 is 11.3 Å². The molecule has 0 bridgehead atoms. The van der Waals surface area contributed by atoms with Crippen molar-refractivity contribution >= 4 is 39.0 Å². The van der Waals surface area contributed by atoms with Gasteiger partial charge in [-0.2, -0.15) is 5.10 Å². The summed E-state index contributed by atoms with van der Waals surface area (Å²) in [6.45, 7) is 7.28. The number of esters is 1. The quantitative estimate of drug-likeness (QED) is 0.444. The summed E-state index contributed by atoms with van der Waals surface area (Å²) in [6, 6.07) is 15.8. The van der Waals surface area contributed by atoms with E-state index in [1.807, 2.05) is 76.2 Å². The predicted molar refractivity (Wildman–Crippen MR) is 123 cm³/mol. The number of amides is 1. The number of hydrogen-bond acceptors (Lipinski definition) is 5. The summed E-state index contributed by atoms with van der Waals surface area (Å²) < 4.78 is 8.10. The van der Waals surface area contributed by atoms with Gasteiger partial charge in [-0.25, -0.2) is 9.48 Å². The molecule has 0 saturated carbocycles. The number of thiophene rings is 1. The van der Waals surface area contributed by atoms with E-state index in [4.69, 9.17) is 4.74 Å². The zero-order chi connectivity index (χ0) is 22.1. The fourth-order valence-electron chi connectivity index (χ4n) is 3.50. The third-order valence-corrected chi connectivity index (χ3v) is 6.45. The van der Waals surface area contributed by atoms with Crippen molar-refractivity contribution in [3.8, 4) is 5.69 Å². The molecule has 0 unspecified atom stereocenters. The van der Waals surface area contributed by atoms with Crippen LogP contribution in [-0.2, 0) is 9.53 Å². The maximum absolute atomic E-state index is 12.5. The van der Waals surface area contributed by atoms with E-state index in [2.05, 4.69) is 10.4 Å². The Hall–Kier alpha value is -3.45. The second kappa shape index (κ2) is 8.35. The van der Waals surface area contributed by atoms with Gasteiger partial charge in [-0.05, 0) is 56.8 Å². The van der Waals surface area contributed by atoms with Crippen LogP contribution in [0.1, 0.15) is 32.2 Å². The van der Waals surface area contributed by atoms with E-state index < -0.39 is 11.9 Å². The Morgan fingerprint density at radius 1 is 1.03 bits per heavy atom. The van der Waals surface area contributed by atoms with Crippen molar-refractivity contribution in [3.63, 3.8) is 0 Å². The van der Waals surface area contributed by atoms with Crippen molar-refractivity contribution in [2.24, 2.45) is 0 Å². The molecule has 6 nitrogen and oxygen atoms in total. The number of hydrogen-bond donors (Lipinski definition) is 1. The Balaban J connectivity index is 1.45. The topological polar surface area (TPSA) is 73.2 Å². The Morgan fingerprint density at radius 3 is 2.45 bits per heavy atom.